The topological polar surface area (TPSA) is 159 Å². The summed E-state index contributed by atoms with van der Waals surface area (Å²) in [6, 6.07) is 3.47. The largest absolute Gasteiger partial charge is 1.00 e. The van der Waals surface area contributed by atoms with Crippen molar-refractivity contribution in [1.29, 1.82) is 0 Å². The van der Waals surface area contributed by atoms with Crippen LogP contribution in [-0.2, 0) is 20.2 Å². The van der Waals surface area contributed by atoms with Crippen molar-refractivity contribution in [2.24, 2.45) is 15.6 Å². The van der Waals surface area contributed by atoms with E-state index in [1.54, 1.807) is 12.2 Å². The molecule has 31 heavy (non-hydrogen) atoms. The van der Waals surface area contributed by atoms with Gasteiger partial charge in [0.15, 0.2) is 5.75 Å². The van der Waals surface area contributed by atoms with Gasteiger partial charge in [-0.05, 0) is 23.6 Å². The number of phenolic OH excluding ortho intramolecular Hbond substituents is 1. The minimum absolute atomic E-state index is 0. The van der Waals surface area contributed by atoms with Crippen LogP contribution in [0.3, 0.4) is 0 Å². The third-order valence-electron chi connectivity index (χ3n) is 4.56. The van der Waals surface area contributed by atoms with Gasteiger partial charge >= 0.3 is 59.1 Å². The Kier molecular flexibility index (Phi) is 9.28. The molecule has 1 aliphatic carbocycles. The molecule has 1 unspecified atom stereocenters. The monoisotopic (exact) mass is 482 g/mol. The van der Waals surface area contributed by atoms with Crippen LogP contribution in [0.4, 0.5) is 5.69 Å². The Hall–Kier alpha value is -0.600. The quantitative estimate of drug-likeness (QED) is 0.276. The Morgan fingerprint density at radius 1 is 1.00 bits per heavy atom. The second kappa shape index (κ2) is 10.1. The molecule has 9 nitrogen and oxygen atoms in total. The molecular weight excluding hydrogens is 466 g/mol. The van der Waals surface area contributed by atoms with E-state index in [4.69, 9.17) is 0 Å². The molecular formula is C18H16N2Na2O7S2. The van der Waals surface area contributed by atoms with E-state index in [0.717, 1.165) is 18.2 Å². The van der Waals surface area contributed by atoms with E-state index in [0.29, 0.717) is 0 Å². The van der Waals surface area contributed by atoms with Gasteiger partial charge in [-0.25, -0.2) is 16.8 Å². The van der Waals surface area contributed by atoms with Crippen molar-refractivity contribution in [3.63, 3.8) is 0 Å². The number of azo groups is 1. The third kappa shape index (κ3) is 6.26. The van der Waals surface area contributed by atoms with Crippen molar-refractivity contribution in [2.75, 3.05) is 0 Å². The first-order valence-electron chi connectivity index (χ1n) is 8.29. The zero-order chi connectivity index (χ0) is 21.6. The average Bonchev–Trinajstić information content (AvgIpc) is 2.59. The molecule has 3 rings (SSSR count). The molecule has 1 atom stereocenters. The molecule has 0 aliphatic heterocycles. The van der Waals surface area contributed by atoms with Gasteiger partial charge in [-0.2, -0.15) is 10.2 Å². The second-order valence-electron chi connectivity index (χ2n) is 7.09. The fourth-order valence-electron chi connectivity index (χ4n) is 2.90. The smallest absolute Gasteiger partial charge is 0.744 e. The van der Waals surface area contributed by atoms with Gasteiger partial charge < -0.3 is 14.2 Å². The summed E-state index contributed by atoms with van der Waals surface area (Å²) in [6.45, 7) is 3.80. The fraction of sp³-hybridized carbons (Fsp3) is 0.222. The molecule has 0 saturated carbocycles. The van der Waals surface area contributed by atoms with Crippen LogP contribution in [0.2, 0.25) is 0 Å². The minimum atomic E-state index is -5.12. The molecule has 0 amide bonds. The SMILES string of the molecule is CC1(C)C=CC=CC1N=Nc1c(O)c(S(=O)(=O)[O-])cc2cc(S(=O)(=O)[O-])ccc12.[Na+].[Na+]. The van der Waals surface area contributed by atoms with Crippen molar-refractivity contribution in [3.8, 4) is 5.75 Å². The number of allylic oxidation sites excluding steroid dienone is 2. The average molecular weight is 482 g/mol. The van der Waals surface area contributed by atoms with Crippen LogP contribution >= 0.6 is 0 Å². The van der Waals surface area contributed by atoms with Crippen molar-refractivity contribution in [2.45, 2.75) is 29.7 Å². The van der Waals surface area contributed by atoms with Crippen molar-refractivity contribution in [3.05, 3.63) is 48.6 Å². The molecule has 0 radical (unpaired) electrons. The fourth-order valence-corrected chi connectivity index (χ4v) is 4.01. The number of nitrogens with zero attached hydrogens (tertiary/aromatic N) is 2. The molecule has 0 saturated heterocycles. The van der Waals surface area contributed by atoms with Crippen LogP contribution < -0.4 is 59.1 Å². The molecule has 0 fully saturated rings. The molecule has 0 heterocycles. The maximum absolute atomic E-state index is 11.6. The molecule has 0 bridgehead atoms. The normalized spacial score (nSPS) is 18.0. The van der Waals surface area contributed by atoms with Gasteiger partial charge in [0.2, 0.25) is 0 Å². The summed E-state index contributed by atoms with van der Waals surface area (Å²) in [5.41, 5.74) is -0.721. The van der Waals surface area contributed by atoms with Crippen LogP contribution in [0.15, 0.2) is 68.6 Å². The predicted octanol–water partition coefficient (Wildman–Crippen LogP) is -3.03. The molecule has 2 aromatic carbocycles. The molecule has 0 aromatic heterocycles. The molecule has 1 N–H and O–H groups in total. The Balaban J connectivity index is 0.00000240. The standard InChI is InChI=1S/C18H18N2O7S2.2Na/c1-18(2)8-4-3-5-15(18)19-20-16-13-7-6-12(28(22,23)24)9-11(13)10-14(17(16)21)29(25,26)27;;/h3-10,15,21H,1-2H3,(H,22,23,24)(H,25,26,27);;/q;2*+1/p-2. The van der Waals surface area contributed by atoms with Crippen LogP contribution in [-0.4, -0.2) is 37.1 Å². The zero-order valence-corrected chi connectivity index (χ0v) is 22.9. The number of phenols is 1. The first-order valence-corrected chi connectivity index (χ1v) is 11.1. The first kappa shape index (κ1) is 28.4. The molecule has 154 valence electrons. The predicted molar refractivity (Wildman–Crippen MR) is 102 cm³/mol. The number of benzene rings is 2. The number of fused-ring (bicyclic) bond motifs is 1. The van der Waals surface area contributed by atoms with E-state index in [2.05, 4.69) is 10.2 Å². The van der Waals surface area contributed by atoms with Crippen LogP contribution in [0, 0.1) is 5.41 Å². The van der Waals surface area contributed by atoms with Gasteiger partial charge in [-0.15, -0.1) is 0 Å². The summed E-state index contributed by atoms with van der Waals surface area (Å²) in [5.74, 6) is -0.901. The van der Waals surface area contributed by atoms with Gasteiger partial charge in [0.1, 0.15) is 25.9 Å². The van der Waals surface area contributed by atoms with E-state index >= 15 is 0 Å². The number of aromatic hydroxyl groups is 1. The van der Waals surface area contributed by atoms with E-state index < -0.39 is 47.2 Å². The van der Waals surface area contributed by atoms with Crippen LogP contribution in [0.5, 0.6) is 5.75 Å². The summed E-state index contributed by atoms with van der Waals surface area (Å²) in [4.78, 5) is -1.60. The first-order chi connectivity index (χ1) is 13.3. The van der Waals surface area contributed by atoms with Gasteiger partial charge in [0.25, 0.3) is 0 Å². The summed E-state index contributed by atoms with van der Waals surface area (Å²) in [7, 11) is -9.94. The van der Waals surface area contributed by atoms with Crippen molar-refractivity contribution in [1.82, 2.24) is 0 Å². The van der Waals surface area contributed by atoms with Gasteiger partial charge in [-0.3, -0.25) is 0 Å². The second-order valence-corrected chi connectivity index (χ2v) is 9.82. The summed E-state index contributed by atoms with van der Waals surface area (Å²) in [6.07, 6.45) is 7.27. The van der Waals surface area contributed by atoms with Crippen molar-refractivity contribution >= 4 is 36.7 Å². The van der Waals surface area contributed by atoms with E-state index in [9.17, 15) is 31.0 Å². The number of hydrogen-bond donors (Lipinski definition) is 1. The molecule has 0 spiro atoms. The Morgan fingerprint density at radius 2 is 1.65 bits per heavy atom. The Bertz CT molecular complexity index is 1300. The maximum atomic E-state index is 11.6. The third-order valence-corrected chi connectivity index (χ3v) is 6.24. The summed E-state index contributed by atoms with van der Waals surface area (Å²) >= 11 is 0. The van der Waals surface area contributed by atoms with Crippen LogP contribution in [0.1, 0.15) is 13.8 Å². The molecule has 1 aliphatic rings. The zero-order valence-electron chi connectivity index (χ0n) is 17.3. The van der Waals surface area contributed by atoms with Crippen LogP contribution in [0.25, 0.3) is 10.8 Å². The maximum Gasteiger partial charge on any atom is 1.00 e. The van der Waals surface area contributed by atoms with Gasteiger partial charge in [0.05, 0.1) is 15.8 Å². The van der Waals surface area contributed by atoms with E-state index in [-0.39, 0.29) is 75.6 Å². The Morgan fingerprint density at radius 3 is 2.19 bits per heavy atom. The van der Waals surface area contributed by atoms with Gasteiger partial charge in [-0.1, -0.05) is 44.2 Å². The molecule has 13 heteroatoms. The molecule has 2 aromatic rings. The summed E-state index contributed by atoms with van der Waals surface area (Å²) in [5, 5.41) is 18.6. The van der Waals surface area contributed by atoms with E-state index in [1.165, 1.54) is 6.07 Å². The van der Waals surface area contributed by atoms with E-state index in [1.807, 2.05) is 26.0 Å². The summed E-state index contributed by atoms with van der Waals surface area (Å²) < 4.78 is 68.5. The van der Waals surface area contributed by atoms with Crippen molar-refractivity contribution < 1.29 is 90.2 Å². The Labute approximate surface area is 224 Å². The number of hydrogen-bond acceptors (Lipinski definition) is 9. The number of rotatable bonds is 4. The minimum Gasteiger partial charge on any atom is -0.744 e. The van der Waals surface area contributed by atoms with Gasteiger partial charge in [0, 0.05) is 10.8 Å².